The first-order valence-corrected chi connectivity index (χ1v) is 6.14. The monoisotopic (exact) mass is 309 g/mol. The minimum absolute atomic E-state index is 0.0897. The number of halogens is 1. The van der Waals surface area contributed by atoms with E-state index >= 15 is 0 Å². The molecule has 1 aromatic heterocycles. The van der Waals surface area contributed by atoms with E-state index < -0.39 is 12.0 Å². The minimum Gasteiger partial charge on any atom is -0.481 e. The second-order valence-corrected chi connectivity index (χ2v) is 4.72. The summed E-state index contributed by atoms with van der Waals surface area (Å²) in [7, 11) is 0. The average molecular weight is 310 g/mol. The molecule has 2 rings (SSSR count). The van der Waals surface area contributed by atoms with Gasteiger partial charge in [-0.05, 0) is 39.7 Å². The molecule has 0 aliphatic heterocycles. The van der Waals surface area contributed by atoms with E-state index in [1.165, 1.54) is 0 Å². The van der Waals surface area contributed by atoms with Gasteiger partial charge in [-0.1, -0.05) is 6.07 Å². The Morgan fingerprint density at radius 3 is 2.89 bits per heavy atom. The molecule has 0 radical (unpaired) electrons. The lowest BCUT2D eigenvalue weighted by molar-refractivity contribution is -0.137. The predicted molar refractivity (Wildman–Crippen MR) is 70.4 cm³/mol. The van der Waals surface area contributed by atoms with Crippen LogP contribution in [-0.2, 0) is 4.79 Å². The third-order valence-corrected chi connectivity index (χ3v) is 3.18. The molecule has 0 spiro atoms. The number of hydrogen-bond acceptors (Lipinski definition) is 3. The van der Waals surface area contributed by atoms with Gasteiger partial charge in [-0.15, -0.1) is 0 Å². The topological polar surface area (TPSA) is 81.1 Å². The van der Waals surface area contributed by atoms with E-state index in [1.54, 1.807) is 10.9 Å². The molecule has 0 bridgehead atoms. The van der Waals surface area contributed by atoms with Crippen LogP contribution in [0.5, 0.6) is 0 Å². The summed E-state index contributed by atoms with van der Waals surface area (Å²) in [5.74, 6) is -0.908. The summed E-state index contributed by atoms with van der Waals surface area (Å²) in [6.07, 6.45) is 3.43. The van der Waals surface area contributed by atoms with Crippen LogP contribution in [-0.4, -0.2) is 20.9 Å². The van der Waals surface area contributed by atoms with Crippen LogP contribution in [0.4, 0.5) is 0 Å². The lowest BCUT2D eigenvalue weighted by atomic mass is 10.0. The number of aliphatic carboxylic acids is 1. The minimum atomic E-state index is -0.908. The first-order chi connectivity index (χ1) is 8.58. The Morgan fingerprint density at radius 1 is 1.56 bits per heavy atom. The molecule has 0 saturated heterocycles. The van der Waals surface area contributed by atoms with Gasteiger partial charge < -0.3 is 10.8 Å². The van der Waals surface area contributed by atoms with Crippen molar-refractivity contribution in [2.75, 3.05) is 0 Å². The van der Waals surface area contributed by atoms with Crippen molar-refractivity contribution in [2.45, 2.75) is 12.5 Å². The zero-order chi connectivity index (χ0) is 13.1. The molecule has 18 heavy (non-hydrogen) atoms. The van der Waals surface area contributed by atoms with Gasteiger partial charge in [0.2, 0.25) is 0 Å². The van der Waals surface area contributed by atoms with Gasteiger partial charge in [-0.2, -0.15) is 5.10 Å². The summed E-state index contributed by atoms with van der Waals surface area (Å²) >= 11 is 3.44. The first kappa shape index (κ1) is 12.8. The summed E-state index contributed by atoms with van der Waals surface area (Å²) in [6, 6.07) is 6.82. The van der Waals surface area contributed by atoms with Crippen molar-refractivity contribution in [1.82, 2.24) is 9.78 Å². The second-order valence-electron chi connectivity index (χ2n) is 3.87. The second kappa shape index (κ2) is 5.32. The summed E-state index contributed by atoms with van der Waals surface area (Å²) < 4.78 is 2.54. The molecule has 6 heteroatoms. The fraction of sp³-hybridized carbons (Fsp3) is 0.167. The van der Waals surface area contributed by atoms with E-state index in [0.29, 0.717) is 0 Å². The molecule has 0 aliphatic rings. The Labute approximate surface area is 112 Å². The molecular formula is C12H12BrN3O2. The standard InChI is InChI=1S/C12H12BrN3O2/c13-9-6-8(10(14)7-12(17)18)2-3-11(9)16-5-1-4-15-16/h1-6,10H,7,14H2,(H,17,18). The smallest absolute Gasteiger partial charge is 0.305 e. The van der Waals surface area contributed by atoms with Crippen LogP contribution in [0.25, 0.3) is 5.69 Å². The van der Waals surface area contributed by atoms with Gasteiger partial charge in [-0.3, -0.25) is 4.79 Å². The van der Waals surface area contributed by atoms with Crippen LogP contribution in [0.2, 0.25) is 0 Å². The molecule has 3 N–H and O–H groups in total. The largest absolute Gasteiger partial charge is 0.481 e. The van der Waals surface area contributed by atoms with Gasteiger partial charge in [0.15, 0.2) is 0 Å². The normalized spacial score (nSPS) is 12.3. The van der Waals surface area contributed by atoms with Gasteiger partial charge in [-0.25, -0.2) is 4.68 Å². The van der Waals surface area contributed by atoms with Crippen molar-refractivity contribution >= 4 is 21.9 Å². The molecule has 1 unspecified atom stereocenters. The van der Waals surface area contributed by atoms with Crippen molar-refractivity contribution in [1.29, 1.82) is 0 Å². The Bertz CT molecular complexity index is 554. The number of carbonyl (C=O) groups is 1. The number of carboxylic acid groups (broad SMARTS) is 1. The molecule has 1 atom stereocenters. The predicted octanol–water partition coefficient (Wildman–Crippen LogP) is 2.11. The van der Waals surface area contributed by atoms with Crippen molar-refractivity contribution < 1.29 is 9.90 Å². The van der Waals surface area contributed by atoms with E-state index in [4.69, 9.17) is 10.8 Å². The van der Waals surface area contributed by atoms with Crippen molar-refractivity contribution in [3.05, 3.63) is 46.7 Å². The molecule has 0 aliphatic carbocycles. The average Bonchev–Trinajstić information content (AvgIpc) is 2.81. The lowest BCUT2D eigenvalue weighted by Gasteiger charge is -2.12. The highest BCUT2D eigenvalue weighted by atomic mass is 79.9. The molecule has 0 amide bonds. The fourth-order valence-electron chi connectivity index (χ4n) is 1.66. The van der Waals surface area contributed by atoms with Crippen LogP contribution in [0.15, 0.2) is 41.1 Å². The van der Waals surface area contributed by atoms with Crippen LogP contribution >= 0.6 is 15.9 Å². The summed E-state index contributed by atoms with van der Waals surface area (Å²) in [4.78, 5) is 10.6. The van der Waals surface area contributed by atoms with Crippen molar-refractivity contribution in [2.24, 2.45) is 5.73 Å². The highest BCUT2D eigenvalue weighted by Crippen LogP contribution is 2.25. The quantitative estimate of drug-likeness (QED) is 0.906. The Morgan fingerprint density at radius 2 is 2.33 bits per heavy atom. The highest BCUT2D eigenvalue weighted by molar-refractivity contribution is 9.10. The summed E-state index contributed by atoms with van der Waals surface area (Å²) in [5.41, 5.74) is 7.47. The number of carboxylic acids is 1. The van der Waals surface area contributed by atoms with Gasteiger partial charge >= 0.3 is 5.97 Å². The Balaban J connectivity index is 2.28. The van der Waals surface area contributed by atoms with E-state index in [9.17, 15) is 4.79 Å². The Hall–Kier alpha value is -1.66. The molecule has 2 aromatic rings. The number of benzene rings is 1. The maximum atomic E-state index is 10.6. The van der Waals surface area contributed by atoms with E-state index in [1.807, 2.05) is 30.5 Å². The SMILES string of the molecule is NC(CC(=O)O)c1ccc(-n2cccn2)c(Br)c1. The van der Waals surface area contributed by atoms with Crippen LogP contribution < -0.4 is 5.73 Å². The third-order valence-electron chi connectivity index (χ3n) is 2.55. The molecular weight excluding hydrogens is 298 g/mol. The Kier molecular flexibility index (Phi) is 3.78. The van der Waals surface area contributed by atoms with Crippen LogP contribution in [0, 0.1) is 0 Å². The highest BCUT2D eigenvalue weighted by Gasteiger charge is 2.12. The van der Waals surface area contributed by atoms with Crippen molar-refractivity contribution in [3.8, 4) is 5.69 Å². The fourth-order valence-corrected chi connectivity index (χ4v) is 2.24. The number of nitrogens with two attached hydrogens (primary N) is 1. The van der Waals surface area contributed by atoms with Gasteiger partial charge in [0.25, 0.3) is 0 Å². The van der Waals surface area contributed by atoms with Gasteiger partial charge in [0, 0.05) is 22.9 Å². The van der Waals surface area contributed by atoms with E-state index in [0.717, 1.165) is 15.7 Å². The zero-order valence-electron chi connectivity index (χ0n) is 9.45. The number of hydrogen-bond donors (Lipinski definition) is 2. The van der Waals surface area contributed by atoms with E-state index in [-0.39, 0.29) is 6.42 Å². The number of rotatable bonds is 4. The number of aromatic nitrogens is 2. The zero-order valence-corrected chi connectivity index (χ0v) is 11.0. The molecule has 0 saturated carbocycles. The maximum Gasteiger partial charge on any atom is 0.305 e. The number of nitrogens with zero attached hydrogens (tertiary/aromatic N) is 2. The van der Waals surface area contributed by atoms with Gasteiger partial charge in [0.05, 0.1) is 12.1 Å². The summed E-state index contributed by atoms with van der Waals surface area (Å²) in [6.45, 7) is 0. The van der Waals surface area contributed by atoms with Crippen molar-refractivity contribution in [3.63, 3.8) is 0 Å². The third kappa shape index (κ3) is 2.77. The van der Waals surface area contributed by atoms with Gasteiger partial charge in [0.1, 0.15) is 0 Å². The molecule has 1 aromatic carbocycles. The lowest BCUT2D eigenvalue weighted by Crippen LogP contribution is -2.15. The summed E-state index contributed by atoms with van der Waals surface area (Å²) in [5, 5.41) is 12.8. The molecule has 94 valence electrons. The molecule has 5 nitrogen and oxygen atoms in total. The molecule has 1 heterocycles. The molecule has 0 fully saturated rings. The van der Waals surface area contributed by atoms with Crippen LogP contribution in [0.3, 0.4) is 0 Å². The van der Waals surface area contributed by atoms with Crippen LogP contribution in [0.1, 0.15) is 18.0 Å². The maximum absolute atomic E-state index is 10.6. The first-order valence-electron chi connectivity index (χ1n) is 5.35. The van der Waals surface area contributed by atoms with E-state index in [2.05, 4.69) is 21.0 Å².